The molecule has 0 amide bonds. The average Bonchev–Trinajstić information content (AvgIpc) is 2.22. The fourth-order valence-electron chi connectivity index (χ4n) is 1.02. The monoisotopic (exact) mass is 158 g/mol. The van der Waals surface area contributed by atoms with Gasteiger partial charge in [-0.15, -0.1) is 0 Å². The predicted molar refractivity (Wildman–Crippen MR) is 45.2 cm³/mol. The van der Waals surface area contributed by atoms with Crippen LogP contribution in [0.2, 0.25) is 0 Å². The summed E-state index contributed by atoms with van der Waals surface area (Å²) in [5, 5.41) is 0. The Hall–Kier alpha value is -0.530. The largest absolute Gasteiger partial charge is 0.462 e. The lowest BCUT2D eigenvalue weighted by Crippen LogP contribution is -2.11. The SMILES string of the molecule is CC.C[C@H]1[C@@H](C)OC(=O)[C@@H]1C. The maximum atomic E-state index is 10.8. The van der Waals surface area contributed by atoms with Gasteiger partial charge >= 0.3 is 5.97 Å². The Balaban J connectivity index is 0.000000461. The molecule has 0 bridgehead atoms. The van der Waals surface area contributed by atoms with E-state index in [9.17, 15) is 4.79 Å². The Morgan fingerprint density at radius 2 is 1.64 bits per heavy atom. The fourth-order valence-corrected chi connectivity index (χ4v) is 1.02. The highest BCUT2D eigenvalue weighted by molar-refractivity contribution is 5.74. The molecule has 0 saturated carbocycles. The Bertz CT molecular complexity index is 132. The molecule has 0 N–H and O–H groups in total. The number of carbonyl (C=O) groups excluding carboxylic acids is 1. The van der Waals surface area contributed by atoms with Gasteiger partial charge in [-0.05, 0) is 6.92 Å². The van der Waals surface area contributed by atoms with Crippen LogP contribution in [0.25, 0.3) is 0 Å². The van der Waals surface area contributed by atoms with E-state index in [0.29, 0.717) is 5.92 Å². The van der Waals surface area contributed by atoms with E-state index in [4.69, 9.17) is 4.74 Å². The van der Waals surface area contributed by atoms with Crippen LogP contribution in [0.4, 0.5) is 0 Å². The zero-order valence-electron chi connectivity index (χ0n) is 8.05. The van der Waals surface area contributed by atoms with Crippen LogP contribution in [0, 0.1) is 11.8 Å². The maximum Gasteiger partial charge on any atom is 0.309 e. The molecule has 11 heavy (non-hydrogen) atoms. The molecule has 2 heteroatoms. The van der Waals surface area contributed by atoms with Crippen molar-refractivity contribution in [1.29, 1.82) is 0 Å². The smallest absolute Gasteiger partial charge is 0.309 e. The van der Waals surface area contributed by atoms with Crippen LogP contribution in [0.5, 0.6) is 0 Å². The van der Waals surface area contributed by atoms with Crippen molar-refractivity contribution in [3.8, 4) is 0 Å². The van der Waals surface area contributed by atoms with Gasteiger partial charge in [-0.1, -0.05) is 27.7 Å². The van der Waals surface area contributed by atoms with E-state index >= 15 is 0 Å². The summed E-state index contributed by atoms with van der Waals surface area (Å²) in [5.41, 5.74) is 0. The van der Waals surface area contributed by atoms with E-state index in [1.807, 2.05) is 34.6 Å². The topological polar surface area (TPSA) is 26.3 Å². The third-order valence-electron chi connectivity index (χ3n) is 2.20. The number of rotatable bonds is 0. The third-order valence-corrected chi connectivity index (χ3v) is 2.20. The van der Waals surface area contributed by atoms with Gasteiger partial charge in [0, 0.05) is 5.92 Å². The first-order valence-corrected chi connectivity index (χ1v) is 4.33. The summed E-state index contributed by atoms with van der Waals surface area (Å²) in [4.78, 5) is 10.8. The normalized spacial score (nSPS) is 35.7. The number of ether oxygens (including phenoxy) is 1. The summed E-state index contributed by atoms with van der Waals surface area (Å²) < 4.78 is 4.95. The van der Waals surface area contributed by atoms with Crippen LogP contribution >= 0.6 is 0 Å². The van der Waals surface area contributed by atoms with E-state index in [1.165, 1.54) is 0 Å². The van der Waals surface area contributed by atoms with Crippen molar-refractivity contribution >= 4 is 5.97 Å². The number of hydrogen-bond donors (Lipinski definition) is 0. The second kappa shape index (κ2) is 4.37. The Morgan fingerprint density at radius 3 is 1.73 bits per heavy atom. The maximum absolute atomic E-state index is 10.8. The van der Waals surface area contributed by atoms with E-state index in [-0.39, 0.29) is 18.0 Å². The summed E-state index contributed by atoms with van der Waals surface area (Å²) in [6, 6.07) is 0. The summed E-state index contributed by atoms with van der Waals surface area (Å²) in [6.45, 7) is 9.89. The van der Waals surface area contributed by atoms with Gasteiger partial charge in [-0.3, -0.25) is 4.79 Å². The van der Waals surface area contributed by atoms with Crippen molar-refractivity contribution in [1.82, 2.24) is 0 Å². The highest BCUT2D eigenvalue weighted by Gasteiger charge is 2.35. The molecular formula is C9H18O2. The minimum atomic E-state index is -0.0463. The van der Waals surface area contributed by atoms with Gasteiger partial charge in [0.2, 0.25) is 0 Å². The van der Waals surface area contributed by atoms with E-state index in [2.05, 4.69) is 0 Å². The molecule has 0 radical (unpaired) electrons. The van der Waals surface area contributed by atoms with Gasteiger partial charge in [0.05, 0.1) is 5.92 Å². The van der Waals surface area contributed by atoms with Crippen LogP contribution < -0.4 is 0 Å². The molecule has 2 nitrogen and oxygen atoms in total. The molecule has 1 fully saturated rings. The predicted octanol–water partition coefficient (Wildman–Crippen LogP) is 2.23. The Kier molecular flexibility index (Phi) is 4.16. The van der Waals surface area contributed by atoms with Gasteiger partial charge in [-0.25, -0.2) is 0 Å². The van der Waals surface area contributed by atoms with Crippen molar-refractivity contribution in [2.24, 2.45) is 11.8 Å². The first kappa shape index (κ1) is 10.5. The molecule has 0 spiro atoms. The zero-order chi connectivity index (χ0) is 9.02. The molecule has 0 unspecified atom stereocenters. The molecule has 66 valence electrons. The highest BCUT2D eigenvalue weighted by atomic mass is 16.6. The van der Waals surface area contributed by atoms with Gasteiger partial charge in [0.1, 0.15) is 6.10 Å². The lowest BCUT2D eigenvalue weighted by Gasteiger charge is -2.06. The Morgan fingerprint density at radius 1 is 1.18 bits per heavy atom. The number of carbonyl (C=O) groups is 1. The lowest BCUT2D eigenvalue weighted by atomic mass is 9.95. The lowest BCUT2D eigenvalue weighted by molar-refractivity contribution is -0.143. The molecule has 1 saturated heterocycles. The summed E-state index contributed by atoms with van der Waals surface area (Å²) >= 11 is 0. The van der Waals surface area contributed by atoms with Crippen LogP contribution in [-0.2, 0) is 9.53 Å². The average molecular weight is 158 g/mol. The standard InChI is InChI=1S/C7H12O2.C2H6/c1-4-5(2)7(8)9-6(4)3;1-2/h4-6H,1-3H3;1-2H3/t4-,5-,6-;/m1./s1. The minimum Gasteiger partial charge on any atom is -0.462 e. The van der Waals surface area contributed by atoms with Crippen molar-refractivity contribution in [3.05, 3.63) is 0 Å². The summed E-state index contributed by atoms with van der Waals surface area (Å²) in [7, 11) is 0. The molecule has 0 aromatic rings. The van der Waals surface area contributed by atoms with Gasteiger partial charge in [0.15, 0.2) is 0 Å². The molecule has 0 aromatic carbocycles. The molecule has 1 aliphatic heterocycles. The van der Waals surface area contributed by atoms with E-state index in [0.717, 1.165) is 0 Å². The number of cyclic esters (lactones) is 1. The van der Waals surface area contributed by atoms with Crippen LogP contribution in [0.3, 0.4) is 0 Å². The number of hydrogen-bond acceptors (Lipinski definition) is 2. The third kappa shape index (κ3) is 2.21. The molecule has 1 rings (SSSR count). The first-order chi connectivity index (χ1) is 5.13. The highest BCUT2D eigenvalue weighted by Crippen LogP contribution is 2.26. The second-order valence-electron chi connectivity index (χ2n) is 2.79. The van der Waals surface area contributed by atoms with Crippen molar-refractivity contribution in [2.75, 3.05) is 0 Å². The van der Waals surface area contributed by atoms with Crippen molar-refractivity contribution in [2.45, 2.75) is 40.7 Å². The van der Waals surface area contributed by atoms with Crippen molar-refractivity contribution < 1.29 is 9.53 Å². The van der Waals surface area contributed by atoms with E-state index in [1.54, 1.807) is 0 Å². The molecule has 1 aliphatic rings. The van der Waals surface area contributed by atoms with Gasteiger partial charge < -0.3 is 4.74 Å². The van der Waals surface area contributed by atoms with Crippen LogP contribution in [0.15, 0.2) is 0 Å². The molecule has 1 heterocycles. The first-order valence-electron chi connectivity index (χ1n) is 4.33. The summed E-state index contributed by atoms with van der Waals surface area (Å²) in [5.74, 6) is 0.437. The summed E-state index contributed by atoms with van der Waals surface area (Å²) in [6.07, 6.45) is 0.118. The molecule has 3 atom stereocenters. The zero-order valence-corrected chi connectivity index (χ0v) is 8.05. The van der Waals surface area contributed by atoms with Gasteiger partial charge in [-0.2, -0.15) is 0 Å². The minimum absolute atomic E-state index is 0.0463. The van der Waals surface area contributed by atoms with E-state index < -0.39 is 0 Å². The quantitative estimate of drug-likeness (QED) is 0.505. The second-order valence-corrected chi connectivity index (χ2v) is 2.79. The Labute approximate surface area is 68.9 Å². The van der Waals surface area contributed by atoms with Gasteiger partial charge in [0.25, 0.3) is 0 Å². The molecule has 0 aromatic heterocycles. The molecular weight excluding hydrogens is 140 g/mol. The van der Waals surface area contributed by atoms with Crippen molar-refractivity contribution in [3.63, 3.8) is 0 Å². The van der Waals surface area contributed by atoms with Crippen LogP contribution in [-0.4, -0.2) is 12.1 Å². The van der Waals surface area contributed by atoms with Crippen LogP contribution in [0.1, 0.15) is 34.6 Å². The fraction of sp³-hybridized carbons (Fsp3) is 0.889. The number of esters is 1. The molecule has 0 aliphatic carbocycles.